The van der Waals surface area contributed by atoms with Crippen molar-refractivity contribution in [2.45, 2.75) is 6.92 Å². The molecule has 0 radical (unpaired) electrons. The highest BCUT2D eigenvalue weighted by atomic mass is 16.2. The Bertz CT molecular complexity index is 1120. The number of nitrogens with one attached hydrogen (secondary N) is 2. The molecule has 0 atom stereocenters. The molecule has 2 aromatic carbocycles. The Morgan fingerprint density at radius 3 is 2.67 bits per heavy atom. The van der Waals surface area contributed by atoms with Crippen molar-refractivity contribution in [3.05, 3.63) is 89.9 Å². The number of aryl methyl sites for hydroxylation is 1. The van der Waals surface area contributed by atoms with Crippen LogP contribution in [0, 0.1) is 6.92 Å². The summed E-state index contributed by atoms with van der Waals surface area (Å²) in [5, 5.41) is 5.05. The molecule has 1 amide bonds. The van der Waals surface area contributed by atoms with Gasteiger partial charge in [0.25, 0.3) is 5.91 Å². The molecule has 4 aromatic rings. The highest BCUT2D eigenvalue weighted by Crippen LogP contribution is 2.33. The van der Waals surface area contributed by atoms with Crippen molar-refractivity contribution in [2.24, 2.45) is 5.10 Å². The maximum absolute atomic E-state index is 12.8. The van der Waals surface area contributed by atoms with Gasteiger partial charge in [0, 0.05) is 22.7 Å². The fourth-order valence-corrected chi connectivity index (χ4v) is 3.05. The van der Waals surface area contributed by atoms with Crippen LogP contribution in [-0.2, 0) is 0 Å². The number of benzene rings is 2. The molecule has 0 bridgehead atoms. The molecule has 0 saturated carbocycles. The third-order valence-electron chi connectivity index (χ3n) is 4.29. The Kier molecular flexibility index (Phi) is 4.49. The SMILES string of the molecule is Cc1ccc2[nH]c(C(=O)N/N=C/c3ccccn3)c(-c3ccccc3)c2c1. The summed E-state index contributed by atoms with van der Waals surface area (Å²) in [4.78, 5) is 20.2. The van der Waals surface area contributed by atoms with Crippen molar-refractivity contribution in [1.29, 1.82) is 0 Å². The largest absolute Gasteiger partial charge is 0.350 e. The molecule has 0 saturated heterocycles. The lowest BCUT2D eigenvalue weighted by Gasteiger charge is -2.04. The zero-order valence-corrected chi connectivity index (χ0v) is 14.8. The topological polar surface area (TPSA) is 70.1 Å². The van der Waals surface area contributed by atoms with E-state index in [-0.39, 0.29) is 5.91 Å². The fraction of sp³-hybridized carbons (Fsp3) is 0.0455. The van der Waals surface area contributed by atoms with Gasteiger partial charge in [0.15, 0.2) is 0 Å². The Hall–Kier alpha value is -3.73. The van der Waals surface area contributed by atoms with Crippen molar-refractivity contribution >= 4 is 23.0 Å². The minimum absolute atomic E-state index is 0.296. The highest BCUT2D eigenvalue weighted by molar-refractivity contribution is 6.09. The van der Waals surface area contributed by atoms with Crippen LogP contribution in [0.2, 0.25) is 0 Å². The van der Waals surface area contributed by atoms with Gasteiger partial charge in [0.1, 0.15) is 5.69 Å². The van der Waals surface area contributed by atoms with E-state index in [1.54, 1.807) is 6.20 Å². The lowest BCUT2D eigenvalue weighted by molar-refractivity contribution is 0.0951. The monoisotopic (exact) mass is 354 g/mol. The zero-order valence-electron chi connectivity index (χ0n) is 14.8. The van der Waals surface area contributed by atoms with E-state index in [1.807, 2.05) is 67.6 Å². The van der Waals surface area contributed by atoms with E-state index >= 15 is 0 Å². The number of amides is 1. The van der Waals surface area contributed by atoms with Gasteiger partial charge in [-0.2, -0.15) is 5.10 Å². The third kappa shape index (κ3) is 3.48. The number of nitrogens with zero attached hydrogens (tertiary/aromatic N) is 2. The van der Waals surface area contributed by atoms with Crippen molar-refractivity contribution < 1.29 is 4.79 Å². The maximum atomic E-state index is 12.8. The molecule has 27 heavy (non-hydrogen) atoms. The number of hydrogen-bond donors (Lipinski definition) is 2. The molecule has 0 aliphatic carbocycles. The van der Waals surface area contributed by atoms with E-state index in [0.29, 0.717) is 11.4 Å². The van der Waals surface area contributed by atoms with Crippen molar-refractivity contribution in [2.75, 3.05) is 0 Å². The summed E-state index contributed by atoms with van der Waals surface area (Å²) in [6.45, 7) is 2.04. The second-order valence-electron chi connectivity index (χ2n) is 6.24. The molecule has 2 aromatic heterocycles. The van der Waals surface area contributed by atoms with Gasteiger partial charge in [0.2, 0.25) is 0 Å². The molecule has 0 aliphatic heterocycles. The molecule has 132 valence electrons. The lowest BCUT2D eigenvalue weighted by Crippen LogP contribution is -2.19. The standard InChI is InChI=1S/C22H18N4O/c1-15-10-11-19-18(13-15)20(16-7-3-2-4-8-16)21(25-19)22(27)26-24-14-17-9-5-6-12-23-17/h2-14,25H,1H3,(H,26,27)/b24-14+. The third-order valence-corrected chi connectivity index (χ3v) is 4.29. The van der Waals surface area contributed by atoms with E-state index in [2.05, 4.69) is 26.6 Å². The number of hydrazone groups is 1. The van der Waals surface area contributed by atoms with Gasteiger partial charge in [-0.1, -0.05) is 48.0 Å². The molecule has 0 aliphatic rings. The highest BCUT2D eigenvalue weighted by Gasteiger charge is 2.19. The Morgan fingerprint density at radius 1 is 1.07 bits per heavy atom. The van der Waals surface area contributed by atoms with Crippen LogP contribution in [0.4, 0.5) is 0 Å². The van der Waals surface area contributed by atoms with Crippen LogP contribution in [0.1, 0.15) is 21.7 Å². The summed E-state index contributed by atoms with van der Waals surface area (Å²) in [6, 6.07) is 21.5. The van der Waals surface area contributed by atoms with Crippen molar-refractivity contribution in [1.82, 2.24) is 15.4 Å². The number of carbonyl (C=O) groups is 1. The summed E-state index contributed by atoms with van der Waals surface area (Å²) in [5.41, 5.74) is 7.66. The first-order chi connectivity index (χ1) is 13.2. The second-order valence-corrected chi connectivity index (χ2v) is 6.24. The molecular formula is C22H18N4O. The van der Waals surface area contributed by atoms with Gasteiger partial charge >= 0.3 is 0 Å². The normalized spacial score (nSPS) is 11.1. The van der Waals surface area contributed by atoms with E-state index in [9.17, 15) is 4.79 Å². The average Bonchev–Trinajstić information content (AvgIpc) is 3.08. The number of fused-ring (bicyclic) bond motifs is 1. The smallest absolute Gasteiger partial charge is 0.288 e. The van der Waals surface area contributed by atoms with Crippen LogP contribution in [0.5, 0.6) is 0 Å². The van der Waals surface area contributed by atoms with Crippen LogP contribution in [0.3, 0.4) is 0 Å². The molecular weight excluding hydrogens is 336 g/mol. The summed E-state index contributed by atoms with van der Waals surface area (Å²) in [5.74, 6) is -0.296. The van der Waals surface area contributed by atoms with Gasteiger partial charge in [-0.05, 0) is 36.8 Å². The van der Waals surface area contributed by atoms with Gasteiger partial charge in [-0.25, -0.2) is 5.43 Å². The van der Waals surface area contributed by atoms with Gasteiger partial charge in [0.05, 0.1) is 11.9 Å². The number of aromatic nitrogens is 2. The second kappa shape index (κ2) is 7.25. The molecule has 2 N–H and O–H groups in total. The number of pyridine rings is 1. The van der Waals surface area contributed by atoms with E-state index < -0.39 is 0 Å². The van der Waals surface area contributed by atoms with Gasteiger partial charge < -0.3 is 4.98 Å². The molecule has 0 spiro atoms. The first-order valence-corrected chi connectivity index (χ1v) is 8.64. The molecule has 4 rings (SSSR count). The van der Waals surface area contributed by atoms with E-state index in [1.165, 1.54) is 6.21 Å². The Labute approximate surface area is 156 Å². The van der Waals surface area contributed by atoms with Crippen LogP contribution in [-0.4, -0.2) is 22.1 Å². The zero-order chi connectivity index (χ0) is 18.6. The summed E-state index contributed by atoms with van der Waals surface area (Å²) in [6.07, 6.45) is 3.20. The first-order valence-electron chi connectivity index (χ1n) is 8.64. The minimum Gasteiger partial charge on any atom is -0.350 e. The minimum atomic E-state index is -0.296. The number of hydrogen-bond acceptors (Lipinski definition) is 3. The molecule has 5 heteroatoms. The molecule has 2 heterocycles. The van der Waals surface area contributed by atoms with E-state index in [0.717, 1.165) is 27.6 Å². The predicted octanol–water partition coefficient (Wildman–Crippen LogP) is 4.30. The van der Waals surface area contributed by atoms with Crippen LogP contribution < -0.4 is 5.43 Å². The molecule has 0 unspecified atom stereocenters. The van der Waals surface area contributed by atoms with Crippen LogP contribution in [0.25, 0.3) is 22.0 Å². The fourth-order valence-electron chi connectivity index (χ4n) is 3.05. The average molecular weight is 354 g/mol. The number of H-pyrrole nitrogens is 1. The maximum Gasteiger partial charge on any atom is 0.288 e. The van der Waals surface area contributed by atoms with E-state index in [4.69, 9.17) is 0 Å². The van der Waals surface area contributed by atoms with Crippen LogP contribution in [0.15, 0.2) is 78.0 Å². The lowest BCUT2D eigenvalue weighted by atomic mass is 10.0. The van der Waals surface area contributed by atoms with Gasteiger partial charge in [-0.15, -0.1) is 0 Å². The summed E-state index contributed by atoms with van der Waals surface area (Å²) in [7, 11) is 0. The summed E-state index contributed by atoms with van der Waals surface area (Å²) >= 11 is 0. The Balaban J connectivity index is 1.72. The van der Waals surface area contributed by atoms with Crippen molar-refractivity contribution in [3.63, 3.8) is 0 Å². The van der Waals surface area contributed by atoms with Crippen molar-refractivity contribution in [3.8, 4) is 11.1 Å². The number of aromatic amines is 1. The Morgan fingerprint density at radius 2 is 1.89 bits per heavy atom. The molecule has 5 nitrogen and oxygen atoms in total. The quantitative estimate of drug-likeness (QED) is 0.424. The summed E-state index contributed by atoms with van der Waals surface area (Å²) < 4.78 is 0. The number of carbonyl (C=O) groups excluding carboxylic acids is 1. The number of rotatable bonds is 4. The van der Waals surface area contributed by atoms with Gasteiger partial charge in [-0.3, -0.25) is 9.78 Å². The van der Waals surface area contributed by atoms with Crippen LogP contribution >= 0.6 is 0 Å². The predicted molar refractivity (Wildman–Crippen MR) is 108 cm³/mol. The molecule has 0 fully saturated rings. The first kappa shape index (κ1) is 16.7.